The van der Waals surface area contributed by atoms with E-state index in [1.54, 1.807) is 72.8 Å². The van der Waals surface area contributed by atoms with Gasteiger partial charge in [0.25, 0.3) is 5.56 Å². The van der Waals surface area contributed by atoms with Crippen LogP contribution >= 0.6 is 34.8 Å². The fourth-order valence-electron chi connectivity index (χ4n) is 3.89. The van der Waals surface area contributed by atoms with Crippen molar-refractivity contribution >= 4 is 62.9 Å². The van der Waals surface area contributed by atoms with E-state index in [9.17, 15) is 4.79 Å². The second kappa shape index (κ2) is 8.99. The fourth-order valence-corrected chi connectivity index (χ4v) is 4.57. The van der Waals surface area contributed by atoms with Crippen LogP contribution in [0.15, 0.2) is 97.6 Å². The Kier molecular flexibility index (Phi) is 5.64. The van der Waals surface area contributed by atoms with Gasteiger partial charge in [-0.2, -0.15) is 9.78 Å². The third-order valence-corrected chi connectivity index (χ3v) is 6.36. The Morgan fingerprint density at radius 2 is 1.64 bits per heavy atom. The van der Waals surface area contributed by atoms with Crippen molar-refractivity contribution in [1.29, 1.82) is 0 Å². The molecule has 3 aromatic carbocycles. The van der Waals surface area contributed by atoms with E-state index in [4.69, 9.17) is 43.6 Å². The molecule has 0 aliphatic heterocycles. The standard InChI is InChI=1S/C27H14Cl3N3O3/c28-16-6-9-23-15(11-16)12-25(36-23)26-32-22-4-2-1-3-20(22)27(34)33(26)31-14-18-7-10-24(35-18)19-8-5-17(29)13-21(19)30/h1-14H. The van der Waals surface area contributed by atoms with Crippen molar-refractivity contribution < 1.29 is 8.83 Å². The Hall–Kier alpha value is -3.84. The van der Waals surface area contributed by atoms with Gasteiger partial charge in [0.1, 0.15) is 17.1 Å². The molecule has 3 heterocycles. The molecule has 0 bridgehead atoms. The van der Waals surface area contributed by atoms with Crippen LogP contribution in [0.3, 0.4) is 0 Å². The molecule has 3 aromatic heterocycles. The summed E-state index contributed by atoms with van der Waals surface area (Å²) in [6.45, 7) is 0. The van der Waals surface area contributed by atoms with Crippen molar-refractivity contribution in [1.82, 2.24) is 9.66 Å². The molecular formula is C27H14Cl3N3O3. The van der Waals surface area contributed by atoms with E-state index >= 15 is 0 Å². The Labute approximate surface area is 219 Å². The van der Waals surface area contributed by atoms with Crippen LogP contribution in [0.4, 0.5) is 0 Å². The Morgan fingerprint density at radius 3 is 2.50 bits per heavy atom. The lowest BCUT2D eigenvalue weighted by atomic mass is 10.2. The average Bonchev–Trinajstić information content (AvgIpc) is 3.50. The third-order valence-electron chi connectivity index (χ3n) is 5.58. The zero-order chi connectivity index (χ0) is 24.8. The van der Waals surface area contributed by atoms with Crippen LogP contribution in [0, 0.1) is 0 Å². The van der Waals surface area contributed by atoms with Gasteiger partial charge in [0.2, 0.25) is 5.82 Å². The summed E-state index contributed by atoms with van der Waals surface area (Å²) in [7, 11) is 0. The van der Waals surface area contributed by atoms with E-state index in [-0.39, 0.29) is 11.4 Å². The van der Waals surface area contributed by atoms with Crippen LogP contribution in [0.5, 0.6) is 0 Å². The van der Waals surface area contributed by atoms with E-state index in [0.717, 1.165) is 5.39 Å². The Morgan fingerprint density at radius 1 is 0.833 bits per heavy atom. The van der Waals surface area contributed by atoms with Gasteiger partial charge < -0.3 is 8.83 Å². The summed E-state index contributed by atoms with van der Waals surface area (Å²) in [5.74, 6) is 1.57. The molecule has 0 saturated heterocycles. The fraction of sp³-hybridized carbons (Fsp3) is 0. The number of rotatable bonds is 4. The second-order valence-electron chi connectivity index (χ2n) is 7.93. The normalized spacial score (nSPS) is 11.8. The smallest absolute Gasteiger partial charge is 0.282 e. The summed E-state index contributed by atoms with van der Waals surface area (Å²) < 4.78 is 13.1. The first-order valence-electron chi connectivity index (χ1n) is 10.8. The molecule has 0 N–H and O–H groups in total. The van der Waals surface area contributed by atoms with Gasteiger partial charge in [-0.15, -0.1) is 0 Å². The molecule has 6 rings (SSSR count). The Bertz CT molecular complexity index is 1870. The molecule has 0 atom stereocenters. The number of furan rings is 2. The quantitative estimate of drug-likeness (QED) is 0.215. The molecular weight excluding hydrogens is 521 g/mol. The van der Waals surface area contributed by atoms with Crippen LogP contribution < -0.4 is 5.56 Å². The highest BCUT2D eigenvalue weighted by molar-refractivity contribution is 6.36. The lowest BCUT2D eigenvalue weighted by molar-refractivity contribution is 0.573. The maximum atomic E-state index is 13.4. The minimum atomic E-state index is -0.349. The molecule has 0 saturated carbocycles. The summed E-state index contributed by atoms with van der Waals surface area (Å²) in [5.41, 5.74) is 1.48. The first-order valence-corrected chi connectivity index (χ1v) is 11.9. The molecule has 6 nitrogen and oxygen atoms in total. The van der Waals surface area contributed by atoms with Crippen molar-refractivity contribution in [3.8, 4) is 22.9 Å². The van der Waals surface area contributed by atoms with Crippen molar-refractivity contribution in [2.45, 2.75) is 0 Å². The van der Waals surface area contributed by atoms with Crippen LogP contribution in [-0.4, -0.2) is 15.9 Å². The first-order chi connectivity index (χ1) is 17.5. The highest BCUT2D eigenvalue weighted by Gasteiger charge is 2.17. The molecule has 176 valence electrons. The third kappa shape index (κ3) is 4.09. The van der Waals surface area contributed by atoms with Gasteiger partial charge in [0.15, 0.2) is 5.76 Å². The molecule has 0 spiro atoms. The number of halogens is 3. The summed E-state index contributed by atoms with van der Waals surface area (Å²) in [4.78, 5) is 18.1. The largest absolute Gasteiger partial charge is 0.455 e. The average molecular weight is 535 g/mol. The van der Waals surface area contributed by atoms with Crippen LogP contribution in [-0.2, 0) is 0 Å². The van der Waals surface area contributed by atoms with Gasteiger partial charge >= 0.3 is 0 Å². The summed E-state index contributed by atoms with van der Waals surface area (Å²) in [5, 5.41) is 7.19. The predicted molar refractivity (Wildman–Crippen MR) is 143 cm³/mol. The van der Waals surface area contributed by atoms with Crippen LogP contribution in [0.1, 0.15) is 5.76 Å². The van der Waals surface area contributed by atoms with Crippen molar-refractivity contribution in [3.63, 3.8) is 0 Å². The van der Waals surface area contributed by atoms with Gasteiger partial charge in [-0.25, -0.2) is 4.98 Å². The lowest BCUT2D eigenvalue weighted by Gasteiger charge is -2.06. The minimum absolute atomic E-state index is 0.245. The summed E-state index contributed by atoms with van der Waals surface area (Å²) in [6.07, 6.45) is 1.44. The number of nitrogens with zero attached hydrogens (tertiary/aromatic N) is 3. The van der Waals surface area contributed by atoms with Gasteiger partial charge in [-0.3, -0.25) is 4.79 Å². The molecule has 6 aromatic rings. The Balaban J connectivity index is 1.47. The van der Waals surface area contributed by atoms with Gasteiger partial charge in [0.05, 0.1) is 22.1 Å². The summed E-state index contributed by atoms with van der Waals surface area (Å²) in [6, 6.07) is 22.7. The van der Waals surface area contributed by atoms with E-state index in [0.29, 0.717) is 54.4 Å². The molecule has 9 heteroatoms. The van der Waals surface area contributed by atoms with Crippen molar-refractivity contribution in [3.05, 3.63) is 110 Å². The lowest BCUT2D eigenvalue weighted by Crippen LogP contribution is -2.20. The highest BCUT2D eigenvalue weighted by Crippen LogP contribution is 2.32. The number of hydrogen-bond acceptors (Lipinski definition) is 5. The maximum absolute atomic E-state index is 13.4. The van der Waals surface area contributed by atoms with Crippen molar-refractivity contribution in [2.24, 2.45) is 5.10 Å². The monoisotopic (exact) mass is 533 g/mol. The molecule has 0 aliphatic carbocycles. The van der Waals surface area contributed by atoms with Gasteiger partial charge in [-0.1, -0.05) is 46.9 Å². The minimum Gasteiger partial charge on any atom is -0.455 e. The van der Waals surface area contributed by atoms with E-state index in [1.165, 1.54) is 10.9 Å². The number of aromatic nitrogens is 2. The molecule has 0 radical (unpaired) electrons. The maximum Gasteiger partial charge on any atom is 0.282 e. The second-order valence-corrected chi connectivity index (χ2v) is 9.21. The molecule has 0 amide bonds. The van der Waals surface area contributed by atoms with Crippen LogP contribution in [0.25, 0.3) is 44.8 Å². The van der Waals surface area contributed by atoms with E-state index in [1.807, 2.05) is 6.07 Å². The van der Waals surface area contributed by atoms with Crippen molar-refractivity contribution in [2.75, 3.05) is 0 Å². The number of fused-ring (bicyclic) bond motifs is 2. The number of hydrogen-bond donors (Lipinski definition) is 0. The van der Waals surface area contributed by atoms with Gasteiger partial charge in [-0.05, 0) is 66.7 Å². The summed E-state index contributed by atoms with van der Waals surface area (Å²) >= 11 is 18.4. The van der Waals surface area contributed by atoms with Gasteiger partial charge in [0, 0.05) is 21.0 Å². The highest BCUT2D eigenvalue weighted by atomic mass is 35.5. The van der Waals surface area contributed by atoms with Crippen LogP contribution in [0.2, 0.25) is 15.1 Å². The molecule has 0 unspecified atom stereocenters. The zero-order valence-corrected chi connectivity index (χ0v) is 20.6. The van der Waals surface area contributed by atoms with E-state index < -0.39 is 0 Å². The zero-order valence-electron chi connectivity index (χ0n) is 18.3. The van der Waals surface area contributed by atoms with E-state index in [2.05, 4.69) is 10.1 Å². The number of benzene rings is 3. The molecule has 0 fully saturated rings. The number of para-hydroxylation sites is 1. The SMILES string of the molecule is O=c1c2ccccc2nc(-c2cc3cc(Cl)ccc3o2)n1N=Cc1ccc(-c2ccc(Cl)cc2Cl)o1. The predicted octanol–water partition coefficient (Wildman–Crippen LogP) is 7.91. The first kappa shape index (κ1) is 22.6. The topological polar surface area (TPSA) is 73.5 Å². The molecule has 0 aliphatic rings. The molecule has 36 heavy (non-hydrogen) atoms.